The van der Waals surface area contributed by atoms with Gasteiger partial charge in [0.25, 0.3) is 5.91 Å². The third-order valence-electron chi connectivity index (χ3n) is 6.87. The fourth-order valence-electron chi connectivity index (χ4n) is 4.80. The molecule has 182 valence electrons. The first kappa shape index (κ1) is 24.7. The maximum atomic E-state index is 13.2. The van der Waals surface area contributed by atoms with Gasteiger partial charge in [-0.05, 0) is 56.8 Å². The number of hydrogen-bond acceptors (Lipinski definition) is 6. The van der Waals surface area contributed by atoms with Crippen molar-refractivity contribution in [3.63, 3.8) is 0 Å². The lowest BCUT2D eigenvalue weighted by Gasteiger charge is -2.36. The van der Waals surface area contributed by atoms with Crippen LogP contribution < -0.4 is 11.1 Å². The molecule has 1 aromatic heterocycles. The molecule has 4 rings (SSSR count). The molecule has 2 aromatic rings. The van der Waals surface area contributed by atoms with Gasteiger partial charge in [0.1, 0.15) is 17.8 Å². The topological polar surface area (TPSA) is 104 Å². The highest BCUT2D eigenvalue weighted by Gasteiger charge is 2.34. The third kappa shape index (κ3) is 5.62. The zero-order valence-electron chi connectivity index (χ0n) is 19.3. The number of halogens is 2. The van der Waals surface area contributed by atoms with E-state index in [2.05, 4.69) is 20.2 Å². The summed E-state index contributed by atoms with van der Waals surface area (Å²) in [6.07, 6.45) is 4.77. The minimum absolute atomic E-state index is 0.0501. The molecule has 3 N–H and O–H groups in total. The Hall–Kier alpha value is -2.42. The quantitative estimate of drug-likeness (QED) is 0.599. The predicted molar refractivity (Wildman–Crippen MR) is 133 cm³/mol. The van der Waals surface area contributed by atoms with E-state index in [1.54, 1.807) is 6.07 Å². The number of hydrogen-bond donors (Lipinski definition) is 2. The van der Waals surface area contributed by atoms with Crippen molar-refractivity contribution in [1.82, 2.24) is 19.8 Å². The van der Waals surface area contributed by atoms with Crippen LogP contribution in [0.25, 0.3) is 0 Å². The average molecular weight is 505 g/mol. The summed E-state index contributed by atoms with van der Waals surface area (Å²) in [4.78, 5) is 37.5. The molecule has 2 amide bonds. The largest absolute Gasteiger partial charge is 0.369 e. The smallest absolute Gasteiger partial charge is 0.272 e. The van der Waals surface area contributed by atoms with Crippen molar-refractivity contribution in [1.29, 1.82) is 0 Å². The summed E-state index contributed by atoms with van der Waals surface area (Å²) in [5, 5.41) is 4.38. The second kappa shape index (κ2) is 10.9. The van der Waals surface area contributed by atoms with E-state index in [9.17, 15) is 9.59 Å². The molecule has 0 saturated carbocycles. The van der Waals surface area contributed by atoms with Crippen molar-refractivity contribution in [2.45, 2.75) is 38.6 Å². The SMILES string of the molecule is Cc1c(NCCc2ccc(Cl)c(Cl)c2)ncnc1C(=O)N1CCC(N2CCC(C(N)=O)C2)CC1. The van der Waals surface area contributed by atoms with Crippen LogP contribution in [0.1, 0.15) is 40.9 Å². The Balaban J connectivity index is 1.32. The first-order valence-corrected chi connectivity index (χ1v) is 12.4. The molecule has 2 aliphatic rings. The lowest BCUT2D eigenvalue weighted by molar-refractivity contribution is -0.121. The molecule has 0 radical (unpaired) electrons. The summed E-state index contributed by atoms with van der Waals surface area (Å²) >= 11 is 12.1. The summed E-state index contributed by atoms with van der Waals surface area (Å²) in [7, 11) is 0. The van der Waals surface area contributed by atoms with Gasteiger partial charge >= 0.3 is 0 Å². The maximum Gasteiger partial charge on any atom is 0.272 e. The molecule has 34 heavy (non-hydrogen) atoms. The fourth-order valence-corrected chi connectivity index (χ4v) is 5.12. The molecule has 0 aliphatic carbocycles. The van der Waals surface area contributed by atoms with E-state index >= 15 is 0 Å². The number of primary amides is 1. The predicted octanol–water partition coefficient (Wildman–Crippen LogP) is 3.16. The van der Waals surface area contributed by atoms with E-state index in [4.69, 9.17) is 28.9 Å². The Morgan fingerprint density at radius 2 is 1.88 bits per heavy atom. The molecule has 2 aliphatic heterocycles. The number of anilines is 1. The van der Waals surface area contributed by atoms with Crippen LogP contribution in [0.3, 0.4) is 0 Å². The Bertz CT molecular complexity index is 1060. The van der Waals surface area contributed by atoms with Gasteiger partial charge in [0.2, 0.25) is 5.91 Å². The van der Waals surface area contributed by atoms with Gasteiger partial charge in [-0.25, -0.2) is 9.97 Å². The first-order chi connectivity index (χ1) is 16.3. The van der Waals surface area contributed by atoms with Gasteiger partial charge in [-0.15, -0.1) is 0 Å². The van der Waals surface area contributed by atoms with Crippen molar-refractivity contribution in [2.75, 3.05) is 38.0 Å². The van der Waals surface area contributed by atoms with E-state index in [-0.39, 0.29) is 17.7 Å². The summed E-state index contributed by atoms with van der Waals surface area (Å²) < 4.78 is 0. The number of piperidine rings is 1. The molecule has 3 heterocycles. The van der Waals surface area contributed by atoms with Gasteiger partial charge in [0.15, 0.2) is 0 Å². The zero-order chi connectivity index (χ0) is 24.2. The standard InChI is InChI=1S/C24H30Cl2N6O2/c1-15-21(29-14-30-23(15)28-8-4-16-2-3-19(25)20(26)12-16)24(34)31-10-6-18(7-11-31)32-9-5-17(13-32)22(27)33/h2-3,12,14,17-18H,4-11,13H2,1H3,(H2,27,33)(H,28,29,30). The number of rotatable bonds is 7. The van der Waals surface area contributed by atoms with Crippen LogP contribution in [-0.4, -0.2) is 70.3 Å². The highest BCUT2D eigenvalue weighted by Crippen LogP contribution is 2.26. The van der Waals surface area contributed by atoms with Crippen LogP contribution >= 0.6 is 23.2 Å². The van der Waals surface area contributed by atoms with Gasteiger partial charge in [0.05, 0.1) is 16.0 Å². The number of carbonyl (C=O) groups is 2. The van der Waals surface area contributed by atoms with Crippen molar-refractivity contribution >= 4 is 40.8 Å². The molecule has 2 saturated heterocycles. The number of nitrogens with zero attached hydrogens (tertiary/aromatic N) is 4. The number of carbonyl (C=O) groups excluding carboxylic acids is 2. The second-order valence-corrected chi connectivity index (χ2v) is 9.84. The van der Waals surface area contributed by atoms with Crippen molar-refractivity contribution in [3.8, 4) is 0 Å². The van der Waals surface area contributed by atoms with Crippen LogP contribution in [0.5, 0.6) is 0 Å². The van der Waals surface area contributed by atoms with Crippen molar-refractivity contribution < 1.29 is 9.59 Å². The van der Waals surface area contributed by atoms with E-state index < -0.39 is 0 Å². The Kier molecular flexibility index (Phi) is 7.91. The van der Waals surface area contributed by atoms with E-state index in [1.807, 2.05) is 24.0 Å². The molecular weight excluding hydrogens is 475 g/mol. The lowest BCUT2D eigenvalue weighted by Crippen LogP contribution is -2.46. The molecule has 1 unspecified atom stereocenters. The van der Waals surface area contributed by atoms with Gasteiger partial charge in [-0.3, -0.25) is 14.5 Å². The van der Waals surface area contributed by atoms with Crippen LogP contribution in [0.4, 0.5) is 5.82 Å². The van der Waals surface area contributed by atoms with Gasteiger partial charge in [-0.1, -0.05) is 29.3 Å². The van der Waals surface area contributed by atoms with E-state index in [0.29, 0.717) is 47.2 Å². The average Bonchev–Trinajstić information content (AvgIpc) is 3.33. The van der Waals surface area contributed by atoms with Crippen LogP contribution in [0.15, 0.2) is 24.5 Å². The molecular formula is C24H30Cl2N6O2. The van der Waals surface area contributed by atoms with Gasteiger partial charge in [0, 0.05) is 37.8 Å². The zero-order valence-corrected chi connectivity index (χ0v) is 20.8. The number of nitrogens with two attached hydrogens (primary N) is 1. The van der Waals surface area contributed by atoms with E-state index in [0.717, 1.165) is 49.9 Å². The first-order valence-electron chi connectivity index (χ1n) is 11.7. The highest BCUT2D eigenvalue weighted by atomic mass is 35.5. The van der Waals surface area contributed by atoms with Crippen LogP contribution in [0, 0.1) is 12.8 Å². The Labute approximate surface area is 209 Å². The number of likely N-dealkylation sites (tertiary alicyclic amines) is 2. The summed E-state index contributed by atoms with van der Waals surface area (Å²) in [5.74, 6) is 0.326. The van der Waals surface area contributed by atoms with Gasteiger partial charge < -0.3 is 16.0 Å². The number of nitrogens with one attached hydrogen (secondary N) is 1. The molecule has 1 aromatic carbocycles. The van der Waals surface area contributed by atoms with Crippen molar-refractivity contribution in [2.24, 2.45) is 11.7 Å². The Morgan fingerprint density at radius 1 is 1.12 bits per heavy atom. The highest BCUT2D eigenvalue weighted by molar-refractivity contribution is 6.42. The van der Waals surface area contributed by atoms with Crippen LogP contribution in [-0.2, 0) is 11.2 Å². The summed E-state index contributed by atoms with van der Waals surface area (Å²) in [6.45, 7) is 5.48. The second-order valence-electron chi connectivity index (χ2n) is 9.03. The molecule has 0 spiro atoms. The monoisotopic (exact) mass is 504 g/mol. The third-order valence-corrected chi connectivity index (χ3v) is 7.61. The van der Waals surface area contributed by atoms with Crippen LogP contribution in [0.2, 0.25) is 10.0 Å². The molecule has 10 heteroatoms. The minimum Gasteiger partial charge on any atom is -0.369 e. The summed E-state index contributed by atoms with van der Waals surface area (Å²) in [5.41, 5.74) is 7.70. The molecule has 0 bridgehead atoms. The van der Waals surface area contributed by atoms with Gasteiger partial charge in [-0.2, -0.15) is 0 Å². The number of benzene rings is 1. The molecule has 1 atom stereocenters. The van der Waals surface area contributed by atoms with Crippen molar-refractivity contribution in [3.05, 3.63) is 51.4 Å². The summed E-state index contributed by atoms with van der Waals surface area (Å²) in [6, 6.07) is 5.97. The fraction of sp³-hybridized carbons (Fsp3) is 0.500. The minimum atomic E-state index is -0.212. The Morgan fingerprint density at radius 3 is 2.56 bits per heavy atom. The number of amides is 2. The van der Waals surface area contributed by atoms with E-state index in [1.165, 1.54) is 6.33 Å². The molecule has 2 fully saturated rings. The lowest BCUT2D eigenvalue weighted by atomic mass is 10.0. The maximum absolute atomic E-state index is 13.2. The normalized spacial score (nSPS) is 19.4. The molecule has 8 nitrogen and oxygen atoms in total. The number of aromatic nitrogens is 2.